The second-order valence-electron chi connectivity index (χ2n) is 6.71. The van der Waals surface area contributed by atoms with Gasteiger partial charge in [-0.05, 0) is 42.5 Å². The fourth-order valence-corrected chi connectivity index (χ4v) is 3.34. The average molecular weight is 338 g/mol. The topological polar surface area (TPSA) is 41.6 Å². The molecular formula is C21H26N2O2. The lowest BCUT2D eigenvalue weighted by Crippen LogP contribution is -2.32. The molecule has 2 aromatic carbocycles. The van der Waals surface area contributed by atoms with Gasteiger partial charge in [-0.15, -0.1) is 0 Å². The lowest BCUT2D eigenvalue weighted by atomic mass is 10.1. The van der Waals surface area contributed by atoms with Crippen molar-refractivity contribution in [3.8, 4) is 5.75 Å². The van der Waals surface area contributed by atoms with E-state index >= 15 is 0 Å². The van der Waals surface area contributed by atoms with Crippen LogP contribution in [0.15, 0.2) is 48.5 Å². The highest BCUT2D eigenvalue weighted by molar-refractivity contribution is 5.78. The third-order valence-electron chi connectivity index (χ3n) is 4.90. The number of hydrogen-bond acceptors (Lipinski definition) is 3. The summed E-state index contributed by atoms with van der Waals surface area (Å²) < 4.78 is 5.30. The van der Waals surface area contributed by atoms with Crippen LogP contribution in [0.4, 0.5) is 5.69 Å². The highest BCUT2D eigenvalue weighted by Gasteiger charge is 2.23. The van der Waals surface area contributed by atoms with Gasteiger partial charge in [0.1, 0.15) is 5.75 Å². The summed E-state index contributed by atoms with van der Waals surface area (Å²) in [5.41, 5.74) is 3.46. The number of amides is 1. The molecule has 1 fully saturated rings. The van der Waals surface area contributed by atoms with Gasteiger partial charge in [0.15, 0.2) is 0 Å². The Kier molecular flexibility index (Phi) is 5.59. The van der Waals surface area contributed by atoms with Gasteiger partial charge in [0, 0.05) is 31.4 Å². The highest BCUT2D eigenvalue weighted by Crippen LogP contribution is 2.26. The van der Waals surface area contributed by atoms with Crippen LogP contribution in [0.2, 0.25) is 0 Å². The second-order valence-corrected chi connectivity index (χ2v) is 6.71. The zero-order valence-electron chi connectivity index (χ0n) is 15.0. The monoisotopic (exact) mass is 338 g/mol. The number of anilines is 1. The van der Waals surface area contributed by atoms with Crippen LogP contribution in [0.3, 0.4) is 0 Å². The predicted octanol–water partition coefficient (Wildman–Crippen LogP) is 3.19. The van der Waals surface area contributed by atoms with Crippen LogP contribution in [-0.4, -0.2) is 32.7 Å². The maximum atomic E-state index is 12.2. The fraction of sp³-hybridized carbons (Fsp3) is 0.381. The van der Waals surface area contributed by atoms with Crippen molar-refractivity contribution in [2.24, 2.45) is 5.92 Å². The van der Waals surface area contributed by atoms with Gasteiger partial charge in [-0.2, -0.15) is 0 Å². The highest BCUT2D eigenvalue weighted by atomic mass is 16.5. The Labute approximate surface area is 149 Å². The Balaban J connectivity index is 1.48. The molecule has 1 unspecified atom stereocenters. The number of carbonyl (C=O) groups excluding carboxylic acids is 1. The van der Waals surface area contributed by atoms with E-state index in [2.05, 4.69) is 22.3 Å². The van der Waals surface area contributed by atoms with E-state index in [9.17, 15) is 4.79 Å². The fourth-order valence-electron chi connectivity index (χ4n) is 3.34. The molecule has 4 nitrogen and oxygen atoms in total. The number of aryl methyl sites for hydroxylation is 1. The molecule has 0 saturated carbocycles. The first-order valence-electron chi connectivity index (χ1n) is 8.86. The van der Waals surface area contributed by atoms with Crippen molar-refractivity contribution >= 4 is 11.6 Å². The summed E-state index contributed by atoms with van der Waals surface area (Å²) in [4.78, 5) is 14.6. The maximum Gasteiger partial charge on any atom is 0.224 e. The van der Waals surface area contributed by atoms with E-state index in [4.69, 9.17) is 4.74 Å². The Morgan fingerprint density at radius 2 is 2.08 bits per heavy atom. The minimum absolute atomic E-state index is 0.106. The molecule has 1 amide bonds. The van der Waals surface area contributed by atoms with E-state index in [1.165, 1.54) is 11.3 Å². The molecule has 1 N–H and O–H groups in total. The van der Waals surface area contributed by atoms with Gasteiger partial charge in [0.2, 0.25) is 5.91 Å². The summed E-state index contributed by atoms with van der Waals surface area (Å²) in [5.74, 6) is 1.48. The molecule has 25 heavy (non-hydrogen) atoms. The summed E-state index contributed by atoms with van der Waals surface area (Å²) in [7, 11) is 1.69. The molecule has 3 rings (SSSR count). The summed E-state index contributed by atoms with van der Waals surface area (Å²) >= 11 is 0. The number of ether oxygens (including phenoxy) is 1. The van der Waals surface area contributed by atoms with Crippen LogP contribution < -0.4 is 15.0 Å². The second kappa shape index (κ2) is 8.06. The largest absolute Gasteiger partial charge is 0.497 e. The predicted molar refractivity (Wildman–Crippen MR) is 101 cm³/mol. The van der Waals surface area contributed by atoms with Crippen LogP contribution >= 0.6 is 0 Å². The summed E-state index contributed by atoms with van der Waals surface area (Å²) in [5, 5.41) is 3.10. The number of hydrogen-bond donors (Lipinski definition) is 1. The van der Waals surface area contributed by atoms with Gasteiger partial charge < -0.3 is 15.0 Å². The van der Waals surface area contributed by atoms with E-state index in [0.29, 0.717) is 12.3 Å². The van der Waals surface area contributed by atoms with E-state index in [1.807, 2.05) is 43.3 Å². The van der Waals surface area contributed by atoms with E-state index in [-0.39, 0.29) is 5.91 Å². The molecule has 0 spiro atoms. The minimum Gasteiger partial charge on any atom is -0.497 e. The number of rotatable bonds is 6. The molecule has 0 aliphatic carbocycles. The van der Waals surface area contributed by atoms with Crippen molar-refractivity contribution in [2.75, 3.05) is 31.6 Å². The van der Waals surface area contributed by atoms with Crippen molar-refractivity contribution in [1.82, 2.24) is 5.32 Å². The SMILES string of the molecule is COc1cccc(N2CCC(CNC(=O)Cc3ccccc3C)C2)c1. The minimum atomic E-state index is 0.106. The maximum absolute atomic E-state index is 12.2. The van der Waals surface area contributed by atoms with Gasteiger partial charge >= 0.3 is 0 Å². The van der Waals surface area contributed by atoms with Crippen LogP contribution in [0.5, 0.6) is 5.75 Å². The molecule has 1 atom stereocenters. The average Bonchev–Trinajstić information content (AvgIpc) is 3.11. The van der Waals surface area contributed by atoms with Crippen molar-refractivity contribution < 1.29 is 9.53 Å². The van der Waals surface area contributed by atoms with Crippen molar-refractivity contribution in [3.05, 3.63) is 59.7 Å². The first-order chi connectivity index (χ1) is 12.2. The smallest absolute Gasteiger partial charge is 0.224 e. The Bertz CT molecular complexity index is 729. The van der Waals surface area contributed by atoms with Crippen LogP contribution in [0, 0.1) is 12.8 Å². The van der Waals surface area contributed by atoms with E-state index in [1.54, 1.807) is 7.11 Å². The molecule has 132 valence electrons. The molecule has 1 aliphatic heterocycles. The van der Waals surface area contributed by atoms with Crippen LogP contribution in [0.1, 0.15) is 17.5 Å². The number of carbonyl (C=O) groups is 1. The third-order valence-corrected chi connectivity index (χ3v) is 4.90. The Morgan fingerprint density at radius 1 is 1.24 bits per heavy atom. The van der Waals surface area contributed by atoms with E-state index < -0.39 is 0 Å². The summed E-state index contributed by atoms with van der Waals surface area (Å²) in [6, 6.07) is 16.2. The zero-order valence-corrected chi connectivity index (χ0v) is 15.0. The molecule has 0 radical (unpaired) electrons. The number of methoxy groups -OCH3 is 1. The van der Waals surface area contributed by atoms with Gasteiger partial charge in [-0.3, -0.25) is 4.79 Å². The standard InChI is InChI=1S/C21H26N2O2/c1-16-6-3-4-7-18(16)12-21(24)22-14-17-10-11-23(15-17)19-8-5-9-20(13-19)25-2/h3-9,13,17H,10-12,14-15H2,1-2H3,(H,22,24). The number of benzene rings is 2. The molecular weight excluding hydrogens is 312 g/mol. The molecule has 1 heterocycles. The summed E-state index contributed by atoms with van der Waals surface area (Å²) in [6.07, 6.45) is 1.56. The molecule has 2 aromatic rings. The number of nitrogens with zero attached hydrogens (tertiary/aromatic N) is 1. The third kappa shape index (κ3) is 4.53. The zero-order chi connectivity index (χ0) is 17.6. The lowest BCUT2D eigenvalue weighted by Gasteiger charge is -2.19. The molecule has 1 aliphatic rings. The van der Waals surface area contributed by atoms with Gasteiger partial charge in [0.05, 0.1) is 13.5 Å². The van der Waals surface area contributed by atoms with Gasteiger partial charge in [-0.25, -0.2) is 0 Å². The van der Waals surface area contributed by atoms with Crippen molar-refractivity contribution in [1.29, 1.82) is 0 Å². The van der Waals surface area contributed by atoms with Crippen molar-refractivity contribution in [2.45, 2.75) is 19.8 Å². The quantitative estimate of drug-likeness (QED) is 0.879. The first-order valence-corrected chi connectivity index (χ1v) is 8.86. The van der Waals surface area contributed by atoms with Gasteiger partial charge in [0.25, 0.3) is 0 Å². The van der Waals surface area contributed by atoms with E-state index in [0.717, 1.165) is 37.4 Å². The van der Waals surface area contributed by atoms with Crippen molar-refractivity contribution in [3.63, 3.8) is 0 Å². The molecule has 1 saturated heterocycles. The summed E-state index contributed by atoms with van der Waals surface area (Å²) in [6.45, 7) is 4.78. The van der Waals surface area contributed by atoms with Crippen LogP contribution in [-0.2, 0) is 11.2 Å². The Morgan fingerprint density at radius 3 is 2.88 bits per heavy atom. The van der Waals surface area contributed by atoms with Crippen LogP contribution in [0.25, 0.3) is 0 Å². The lowest BCUT2D eigenvalue weighted by molar-refractivity contribution is -0.120. The molecule has 0 bridgehead atoms. The molecule has 4 heteroatoms. The molecule has 0 aromatic heterocycles. The normalized spacial score (nSPS) is 16.7. The first kappa shape index (κ1) is 17.3. The Hall–Kier alpha value is -2.49. The van der Waals surface area contributed by atoms with Gasteiger partial charge in [-0.1, -0.05) is 30.3 Å². The number of nitrogens with one attached hydrogen (secondary N) is 1.